The fourth-order valence-corrected chi connectivity index (χ4v) is 2.28. The molecule has 1 N–H and O–H groups in total. The van der Waals surface area contributed by atoms with Gasteiger partial charge in [0.25, 0.3) is 0 Å². The zero-order chi connectivity index (χ0) is 13.1. The van der Waals surface area contributed by atoms with Gasteiger partial charge < -0.3 is 0 Å². The van der Waals surface area contributed by atoms with E-state index in [2.05, 4.69) is 31.6 Å². The molecule has 1 aromatic carbocycles. The van der Waals surface area contributed by atoms with Crippen LogP contribution in [0.3, 0.4) is 0 Å². The van der Waals surface area contributed by atoms with Crippen LogP contribution in [0, 0.1) is 0 Å². The lowest BCUT2D eigenvalue weighted by atomic mass is 9.84. The van der Waals surface area contributed by atoms with Gasteiger partial charge in [-0.1, -0.05) is 45.0 Å². The highest BCUT2D eigenvalue weighted by Crippen LogP contribution is 2.25. The molecule has 17 heavy (non-hydrogen) atoms. The van der Waals surface area contributed by atoms with Gasteiger partial charge >= 0.3 is 0 Å². The van der Waals surface area contributed by atoms with Crippen molar-refractivity contribution in [1.29, 1.82) is 0 Å². The second-order valence-electron chi connectivity index (χ2n) is 5.13. The van der Waals surface area contributed by atoms with Crippen LogP contribution in [0.25, 0.3) is 0 Å². The highest BCUT2D eigenvalue weighted by molar-refractivity contribution is 7.89. The van der Waals surface area contributed by atoms with E-state index in [-0.39, 0.29) is 11.2 Å². The highest BCUT2D eigenvalue weighted by Gasteiger charge is 2.17. The quantitative estimate of drug-likeness (QED) is 0.898. The molecular weight excluding hydrogens is 234 g/mol. The third-order valence-electron chi connectivity index (χ3n) is 2.69. The van der Waals surface area contributed by atoms with Gasteiger partial charge in [0.15, 0.2) is 0 Å². The van der Waals surface area contributed by atoms with E-state index >= 15 is 0 Å². The molecule has 0 fully saturated rings. The van der Waals surface area contributed by atoms with Crippen LogP contribution < -0.4 is 4.72 Å². The first-order chi connectivity index (χ1) is 7.76. The summed E-state index contributed by atoms with van der Waals surface area (Å²) in [7, 11) is -3.13. The molecule has 0 unspecified atom stereocenters. The molecule has 4 heteroatoms. The van der Waals surface area contributed by atoms with Crippen LogP contribution in [0.15, 0.2) is 24.3 Å². The van der Waals surface area contributed by atoms with Crippen LogP contribution in [-0.4, -0.2) is 14.2 Å². The molecule has 0 aliphatic carbocycles. The smallest absolute Gasteiger partial charge is 0.211 e. The second kappa shape index (κ2) is 5.19. The summed E-state index contributed by atoms with van der Waals surface area (Å²) in [6.45, 7) is 8.38. The first kappa shape index (κ1) is 14.2. The van der Waals surface area contributed by atoms with Gasteiger partial charge in [-0.25, -0.2) is 13.1 Å². The summed E-state index contributed by atoms with van der Waals surface area (Å²) in [6.07, 6.45) is 0. The van der Waals surface area contributed by atoms with E-state index in [0.717, 1.165) is 5.56 Å². The number of benzene rings is 1. The van der Waals surface area contributed by atoms with Gasteiger partial charge in [-0.15, -0.1) is 0 Å². The van der Waals surface area contributed by atoms with Gasteiger partial charge in [0.2, 0.25) is 10.0 Å². The molecule has 0 aliphatic rings. The van der Waals surface area contributed by atoms with Crippen LogP contribution in [0.4, 0.5) is 0 Å². The van der Waals surface area contributed by atoms with E-state index in [1.54, 1.807) is 6.92 Å². The largest absolute Gasteiger partial charge is 0.212 e. The predicted molar refractivity (Wildman–Crippen MR) is 71.4 cm³/mol. The van der Waals surface area contributed by atoms with Crippen molar-refractivity contribution in [3.8, 4) is 0 Å². The molecule has 0 aromatic heterocycles. The Hall–Kier alpha value is -0.870. The summed E-state index contributed by atoms with van der Waals surface area (Å²) in [5.41, 5.74) is 2.24. The average Bonchev–Trinajstić information content (AvgIpc) is 2.26. The number of rotatable bonds is 4. The topological polar surface area (TPSA) is 46.2 Å². The Bertz CT molecular complexity index is 472. The van der Waals surface area contributed by atoms with Crippen LogP contribution >= 0.6 is 0 Å². The molecule has 3 nitrogen and oxygen atoms in total. The van der Waals surface area contributed by atoms with Gasteiger partial charge in [-0.05, 0) is 23.5 Å². The lowest BCUT2D eigenvalue weighted by Crippen LogP contribution is -2.26. The van der Waals surface area contributed by atoms with Gasteiger partial charge in [-0.3, -0.25) is 0 Å². The van der Waals surface area contributed by atoms with E-state index in [1.807, 2.05) is 18.2 Å². The molecule has 0 radical (unpaired) electrons. The normalized spacial score (nSPS) is 12.7. The molecule has 0 saturated carbocycles. The summed E-state index contributed by atoms with van der Waals surface area (Å²) in [4.78, 5) is 0. The minimum absolute atomic E-state index is 0.0221. The van der Waals surface area contributed by atoms with Crippen LogP contribution in [0.1, 0.15) is 38.8 Å². The molecule has 0 saturated heterocycles. The van der Waals surface area contributed by atoms with Gasteiger partial charge in [0.1, 0.15) is 0 Å². The predicted octanol–water partition coefficient (Wildman–Crippen LogP) is 2.42. The molecule has 0 spiro atoms. The maximum atomic E-state index is 11.4. The van der Waals surface area contributed by atoms with E-state index in [9.17, 15) is 8.42 Å². The van der Waals surface area contributed by atoms with E-state index < -0.39 is 10.0 Å². The Morgan fingerprint density at radius 3 is 2.29 bits per heavy atom. The average molecular weight is 255 g/mol. The molecule has 1 rings (SSSR count). The van der Waals surface area contributed by atoms with E-state index in [1.165, 1.54) is 5.56 Å². The maximum Gasteiger partial charge on any atom is 0.211 e. The third-order valence-corrected chi connectivity index (χ3v) is 4.03. The standard InChI is InChI=1S/C13H21NO2S/c1-5-17(15,16)14-10-11-8-6-7-9-12(11)13(2,3)4/h6-9,14H,5,10H2,1-4H3. The maximum absolute atomic E-state index is 11.4. The van der Waals surface area contributed by atoms with Crippen molar-refractivity contribution >= 4 is 10.0 Å². The van der Waals surface area contributed by atoms with Crippen LogP contribution in [0.2, 0.25) is 0 Å². The van der Waals surface area contributed by atoms with E-state index in [4.69, 9.17) is 0 Å². The van der Waals surface area contributed by atoms with Crippen LogP contribution in [-0.2, 0) is 22.0 Å². The van der Waals surface area contributed by atoms with Crippen molar-refractivity contribution in [2.75, 3.05) is 5.75 Å². The van der Waals surface area contributed by atoms with Crippen molar-refractivity contribution in [1.82, 2.24) is 4.72 Å². The van der Waals surface area contributed by atoms with Gasteiger partial charge in [0, 0.05) is 6.54 Å². The summed E-state index contributed by atoms with van der Waals surface area (Å²) in [5.74, 6) is 0.116. The summed E-state index contributed by atoms with van der Waals surface area (Å²) in [5, 5.41) is 0. The highest BCUT2D eigenvalue weighted by atomic mass is 32.2. The zero-order valence-electron chi connectivity index (χ0n) is 10.9. The van der Waals surface area contributed by atoms with Gasteiger partial charge in [0.05, 0.1) is 5.75 Å². The van der Waals surface area contributed by atoms with Gasteiger partial charge in [-0.2, -0.15) is 0 Å². The minimum atomic E-state index is -3.13. The molecule has 0 atom stereocenters. The molecule has 0 amide bonds. The fourth-order valence-electron chi connectivity index (χ4n) is 1.70. The SMILES string of the molecule is CCS(=O)(=O)NCc1ccccc1C(C)(C)C. The lowest BCUT2D eigenvalue weighted by molar-refractivity contribution is 0.570. The molecule has 0 heterocycles. The van der Waals surface area contributed by atoms with Crippen molar-refractivity contribution in [2.45, 2.75) is 39.7 Å². The Morgan fingerprint density at radius 1 is 1.18 bits per heavy atom. The Balaban J connectivity index is 2.93. The third kappa shape index (κ3) is 4.13. The monoisotopic (exact) mass is 255 g/mol. The Morgan fingerprint density at radius 2 is 1.76 bits per heavy atom. The lowest BCUT2D eigenvalue weighted by Gasteiger charge is -2.23. The number of hydrogen-bond donors (Lipinski definition) is 1. The summed E-state index contributed by atoms with van der Waals surface area (Å²) < 4.78 is 25.5. The summed E-state index contributed by atoms with van der Waals surface area (Å²) >= 11 is 0. The van der Waals surface area contributed by atoms with Crippen LogP contribution in [0.5, 0.6) is 0 Å². The van der Waals surface area contributed by atoms with Crippen molar-refractivity contribution < 1.29 is 8.42 Å². The summed E-state index contributed by atoms with van der Waals surface area (Å²) in [6, 6.07) is 7.94. The zero-order valence-corrected chi connectivity index (χ0v) is 11.8. The molecule has 0 bridgehead atoms. The number of nitrogens with one attached hydrogen (secondary N) is 1. The van der Waals surface area contributed by atoms with Crippen molar-refractivity contribution in [3.05, 3.63) is 35.4 Å². The fraction of sp³-hybridized carbons (Fsp3) is 0.538. The molecule has 0 aliphatic heterocycles. The Labute approximate surface area is 104 Å². The first-order valence-electron chi connectivity index (χ1n) is 5.82. The minimum Gasteiger partial charge on any atom is -0.212 e. The number of hydrogen-bond acceptors (Lipinski definition) is 2. The molecular formula is C13H21NO2S. The molecule has 96 valence electrons. The Kier molecular flexibility index (Phi) is 4.33. The molecule has 1 aromatic rings. The van der Waals surface area contributed by atoms with Crippen molar-refractivity contribution in [3.63, 3.8) is 0 Å². The van der Waals surface area contributed by atoms with E-state index in [0.29, 0.717) is 6.54 Å². The first-order valence-corrected chi connectivity index (χ1v) is 7.47. The second-order valence-corrected chi connectivity index (χ2v) is 7.23. The number of sulfonamides is 1. The van der Waals surface area contributed by atoms with Crippen molar-refractivity contribution in [2.24, 2.45) is 0 Å².